The molecular weight excluding hydrogens is 373 g/mol. The predicted molar refractivity (Wildman–Crippen MR) is 94.3 cm³/mol. The second-order valence-electron chi connectivity index (χ2n) is 6.21. The summed E-state index contributed by atoms with van der Waals surface area (Å²) in [6, 6.07) is 3.26. The Morgan fingerprint density at radius 2 is 2.17 bits per heavy atom. The number of nitriles is 1. The Hall–Kier alpha value is -1.09. The lowest BCUT2D eigenvalue weighted by atomic mass is 9.99. The van der Waals surface area contributed by atoms with Crippen molar-refractivity contribution in [1.82, 2.24) is 10.0 Å². The van der Waals surface area contributed by atoms with E-state index in [4.69, 9.17) is 44.9 Å². The Balaban J connectivity index is 1.99. The molecule has 1 aliphatic carbocycles. The van der Waals surface area contributed by atoms with Crippen LogP contribution in [0.2, 0.25) is 5.02 Å². The minimum Gasteiger partial charge on any atom is -0.411 e. The molecular formula is C16H20Cl3N3O2. The number of carbonyl (C=O) groups is 1. The summed E-state index contributed by atoms with van der Waals surface area (Å²) >= 11 is 18.5. The highest BCUT2D eigenvalue weighted by Crippen LogP contribution is 2.70. The Labute approximate surface area is 156 Å². The molecule has 0 bridgehead atoms. The second kappa shape index (κ2) is 6.67. The summed E-state index contributed by atoms with van der Waals surface area (Å²) in [4.78, 5) is 18.2. The Morgan fingerprint density at radius 3 is 2.62 bits per heavy atom. The van der Waals surface area contributed by atoms with Crippen LogP contribution in [0.1, 0.15) is 38.6 Å². The Bertz CT molecular complexity index is 695. The summed E-state index contributed by atoms with van der Waals surface area (Å²) in [6.07, 6.45) is 0.561. The van der Waals surface area contributed by atoms with E-state index in [9.17, 15) is 4.79 Å². The molecule has 8 heteroatoms. The maximum Gasteiger partial charge on any atom is 0.229 e. The fourth-order valence-corrected chi connectivity index (χ4v) is 4.29. The van der Waals surface area contributed by atoms with E-state index in [0.717, 1.165) is 0 Å². The zero-order chi connectivity index (χ0) is 18.3. The number of alkyl halides is 2. The van der Waals surface area contributed by atoms with E-state index in [2.05, 4.69) is 5.32 Å². The van der Waals surface area contributed by atoms with Gasteiger partial charge in [0.2, 0.25) is 5.91 Å². The fourth-order valence-electron chi connectivity index (χ4n) is 3.08. The fraction of sp³-hybridized carbons (Fsp3) is 0.625. The largest absolute Gasteiger partial charge is 0.411 e. The maximum atomic E-state index is 12.6. The topological polar surface area (TPSA) is 67.0 Å². The molecule has 1 fully saturated rings. The first kappa shape index (κ1) is 19.2. The number of rotatable bonds is 6. The Morgan fingerprint density at radius 1 is 1.58 bits per heavy atom. The van der Waals surface area contributed by atoms with E-state index in [1.165, 1.54) is 10.8 Å². The van der Waals surface area contributed by atoms with Crippen LogP contribution in [-0.4, -0.2) is 27.6 Å². The average Bonchev–Trinajstić information content (AvgIpc) is 2.81. The third-order valence-electron chi connectivity index (χ3n) is 4.84. The highest BCUT2D eigenvalue weighted by Gasteiger charge is 2.76. The number of nitrogens with one attached hydrogen (secondary N) is 1. The first-order valence-corrected chi connectivity index (χ1v) is 8.86. The van der Waals surface area contributed by atoms with Crippen molar-refractivity contribution in [3.05, 3.63) is 22.5 Å². The van der Waals surface area contributed by atoms with Crippen LogP contribution < -0.4 is 10.2 Å². The Kier molecular flexibility index (Phi) is 5.34. The first-order valence-electron chi connectivity index (χ1n) is 7.73. The van der Waals surface area contributed by atoms with Crippen molar-refractivity contribution in [2.45, 2.75) is 44.5 Å². The molecule has 1 amide bonds. The third-order valence-corrected chi connectivity index (χ3v) is 6.55. The molecule has 1 saturated carbocycles. The molecule has 0 spiro atoms. The van der Waals surface area contributed by atoms with Gasteiger partial charge >= 0.3 is 0 Å². The second-order valence-corrected chi connectivity index (χ2v) is 8.00. The van der Waals surface area contributed by atoms with Crippen molar-refractivity contribution in [2.75, 3.05) is 6.61 Å². The summed E-state index contributed by atoms with van der Waals surface area (Å²) < 4.78 is 0.332. The van der Waals surface area contributed by atoms with Gasteiger partial charge in [0.1, 0.15) is 17.0 Å². The summed E-state index contributed by atoms with van der Waals surface area (Å²) in [5.41, 5.74) is 0.167. The molecule has 2 rings (SSSR count). The van der Waals surface area contributed by atoms with Crippen molar-refractivity contribution in [1.29, 1.82) is 5.26 Å². The SMILES string of the molecule is CC[C@@]1(C(=O)N[C@@H](C)COn2c(C#N)cc(Cl)c2C)[C@@H](C)C1(Cl)Cl. The molecule has 0 unspecified atom stereocenters. The molecule has 24 heavy (non-hydrogen) atoms. The van der Waals surface area contributed by atoms with E-state index in [0.29, 0.717) is 22.8 Å². The first-order chi connectivity index (χ1) is 11.1. The molecule has 0 aromatic carbocycles. The molecule has 1 aliphatic rings. The van der Waals surface area contributed by atoms with Crippen LogP contribution >= 0.6 is 34.8 Å². The lowest BCUT2D eigenvalue weighted by molar-refractivity contribution is -0.128. The normalized spacial score (nSPS) is 25.7. The van der Waals surface area contributed by atoms with Crippen molar-refractivity contribution < 1.29 is 9.63 Å². The molecule has 1 N–H and O–H groups in total. The minimum atomic E-state index is -1.04. The number of aromatic nitrogens is 1. The number of carbonyl (C=O) groups excluding carboxylic acids is 1. The van der Waals surface area contributed by atoms with Crippen LogP contribution in [0.3, 0.4) is 0 Å². The summed E-state index contributed by atoms with van der Waals surface area (Å²) in [7, 11) is 0. The van der Waals surface area contributed by atoms with E-state index in [1.807, 2.05) is 26.8 Å². The van der Waals surface area contributed by atoms with Gasteiger partial charge in [-0.2, -0.15) is 9.99 Å². The predicted octanol–water partition coefficient (Wildman–Crippen LogP) is 3.47. The molecule has 3 atom stereocenters. The highest BCUT2D eigenvalue weighted by molar-refractivity contribution is 6.53. The van der Waals surface area contributed by atoms with Crippen LogP contribution in [0.4, 0.5) is 0 Å². The van der Waals surface area contributed by atoms with Gasteiger partial charge in [0, 0.05) is 5.92 Å². The number of halogens is 3. The minimum absolute atomic E-state index is 0.109. The van der Waals surface area contributed by atoms with E-state index < -0.39 is 9.75 Å². The van der Waals surface area contributed by atoms with Gasteiger partial charge in [-0.3, -0.25) is 4.79 Å². The molecule has 0 radical (unpaired) electrons. The molecule has 132 valence electrons. The van der Waals surface area contributed by atoms with Crippen molar-refractivity contribution in [3.63, 3.8) is 0 Å². The molecule has 1 heterocycles. The number of amides is 1. The summed E-state index contributed by atoms with van der Waals surface area (Å²) in [5.74, 6) is -0.288. The zero-order valence-corrected chi connectivity index (χ0v) is 16.3. The lowest BCUT2D eigenvalue weighted by Crippen LogP contribution is -2.44. The van der Waals surface area contributed by atoms with Gasteiger partial charge in [-0.15, -0.1) is 23.2 Å². The number of nitrogens with zero attached hydrogens (tertiary/aromatic N) is 2. The quantitative estimate of drug-likeness (QED) is 0.754. The van der Waals surface area contributed by atoms with Crippen LogP contribution in [-0.2, 0) is 4.79 Å². The van der Waals surface area contributed by atoms with Gasteiger partial charge in [-0.25, -0.2) is 0 Å². The smallest absolute Gasteiger partial charge is 0.229 e. The highest BCUT2D eigenvalue weighted by atomic mass is 35.5. The van der Waals surface area contributed by atoms with Crippen LogP contribution in [0.15, 0.2) is 6.07 Å². The standard InChI is InChI=1S/C16H20Cl3N3O2/c1-5-15(11(4)16(15,18)19)14(23)21-9(2)8-24-22-10(3)13(17)6-12(22)7-20/h6,9,11H,5,8H2,1-4H3,(H,21,23)/t9-,11+,15-/m0/s1. The van der Waals surface area contributed by atoms with E-state index in [-0.39, 0.29) is 24.5 Å². The van der Waals surface area contributed by atoms with Gasteiger partial charge in [0.05, 0.1) is 22.2 Å². The van der Waals surface area contributed by atoms with E-state index >= 15 is 0 Å². The average molecular weight is 393 g/mol. The van der Waals surface area contributed by atoms with Crippen molar-refractivity contribution >= 4 is 40.7 Å². The van der Waals surface area contributed by atoms with Gasteiger partial charge in [0.25, 0.3) is 0 Å². The van der Waals surface area contributed by atoms with Crippen LogP contribution in [0.25, 0.3) is 0 Å². The van der Waals surface area contributed by atoms with Gasteiger partial charge < -0.3 is 10.2 Å². The molecule has 1 aromatic heterocycles. The zero-order valence-electron chi connectivity index (χ0n) is 14.0. The van der Waals surface area contributed by atoms with E-state index in [1.54, 1.807) is 6.92 Å². The van der Waals surface area contributed by atoms with Crippen molar-refractivity contribution in [2.24, 2.45) is 11.3 Å². The van der Waals surface area contributed by atoms with Crippen LogP contribution in [0, 0.1) is 29.6 Å². The molecule has 1 aromatic rings. The number of hydrogen-bond acceptors (Lipinski definition) is 3. The maximum absolute atomic E-state index is 12.6. The van der Waals surface area contributed by atoms with Gasteiger partial charge in [0.15, 0.2) is 5.69 Å². The monoisotopic (exact) mass is 391 g/mol. The van der Waals surface area contributed by atoms with Crippen LogP contribution in [0.5, 0.6) is 0 Å². The molecule has 0 saturated heterocycles. The third kappa shape index (κ3) is 2.85. The molecule has 0 aliphatic heterocycles. The summed E-state index contributed by atoms with van der Waals surface area (Å²) in [5, 5.41) is 12.4. The lowest BCUT2D eigenvalue weighted by Gasteiger charge is -2.21. The number of hydrogen-bond donors (Lipinski definition) is 1. The van der Waals surface area contributed by atoms with Crippen molar-refractivity contribution in [3.8, 4) is 6.07 Å². The molecule has 5 nitrogen and oxygen atoms in total. The van der Waals surface area contributed by atoms with Gasteiger partial charge in [-0.1, -0.05) is 25.4 Å². The summed E-state index contributed by atoms with van der Waals surface area (Å²) in [6.45, 7) is 7.51. The van der Waals surface area contributed by atoms with Gasteiger partial charge in [-0.05, 0) is 26.3 Å².